The van der Waals surface area contributed by atoms with Gasteiger partial charge in [0, 0.05) is 7.05 Å². The fourth-order valence-corrected chi connectivity index (χ4v) is 0.631. The number of nitrogens with zero attached hydrogens (tertiary/aromatic N) is 3. The molecule has 1 rings (SSSR count). The summed E-state index contributed by atoms with van der Waals surface area (Å²) in [4.78, 5) is 11.4. The van der Waals surface area contributed by atoms with Gasteiger partial charge in [-0.3, -0.25) is 4.99 Å². The molecule has 4 heteroatoms. The Morgan fingerprint density at radius 3 is 2.58 bits per heavy atom. The van der Waals surface area contributed by atoms with E-state index in [1.807, 2.05) is 13.8 Å². The highest BCUT2D eigenvalue weighted by Gasteiger charge is 1.95. The number of aromatic nitrogens is 2. The lowest BCUT2D eigenvalue weighted by Crippen LogP contribution is -1.92. The SMILES string of the molecule is C=Nc1cncnc1NC.CC. The van der Waals surface area contributed by atoms with Crippen LogP contribution in [0.15, 0.2) is 17.5 Å². The Hall–Kier alpha value is -1.45. The van der Waals surface area contributed by atoms with Gasteiger partial charge in [-0.05, 0) is 6.72 Å². The summed E-state index contributed by atoms with van der Waals surface area (Å²) in [6, 6.07) is 0. The minimum atomic E-state index is 0.671. The summed E-state index contributed by atoms with van der Waals surface area (Å²) in [6.07, 6.45) is 3.06. The maximum absolute atomic E-state index is 3.91. The molecule has 0 aromatic carbocycles. The van der Waals surface area contributed by atoms with Crippen LogP contribution >= 0.6 is 0 Å². The van der Waals surface area contributed by atoms with E-state index in [-0.39, 0.29) is 0 Å². The summed E-state index contributed by atoms with van der Waals surface area (Å²) < 4.78 is 0. The molecule has 0 saturated carbocycles. The van der Waals surface area contributed by atoms with Crippen LogP contribution in [-0.4, -0.2) is 23.7 Å². The first-order valence-electron chi connectivity index (χ1n) is 3.83. The fourth-order valence-electron chi connectivity index (χ4n) is 0.631. The van der Waals surface area contributed by atoms with Crippen LogP contribution in [0.1, 0.15) is 13.8 Å². The van der Waals surface area contributed by atoms with E-state index < -0.39 is 0 Å². The Balaban J connectivity index is 0.000000561. The highest BCUT2D eigenvalue weighted by Crippen LogP contribution is 2.17. The Kier molecular flexibility index (Phi) is 5.51. The van der Waals surface area contributed by atoms with E-state index in [0.717, 1.165) is 0 Å². The van der Waals surface area contributed by atoms with Gasteiger partial charge in [0.1, 0.15) is 12.0 Å². The van der Waals surface area contributed by atoms with Crippen LogP contribution in [0.3, 0.4) is 0 Å². The van der Waals surface area contributed by atoms with Crippen molar-refractivity contribution in [2.75, 3.05) is 12.4 Å². The summed E-state index contributed by atoms with van der Waals surface area (Å²) >= 11 is 0. The average Bonchev–Trinajstić information content (AvgIpc) is 2.20. The molecule has 66 valence electrons. The van der Waals surface area contributed by atoms with Gasteiger partial charge in [0.15, 0.2) is 5.82 Å². The molecule has 0 unspecified atom stereocenters. The monoisotopic (exact) mass is 166 g/mol. The summed E-state index contributed by atoms with van der Waals surface area (Å²) in [5, 5.41) is 2.86. The first-order valence-corrected chi connectivity index (χ1v) is 3.83. The number of aliphatic imine (C=N–C) groups is 1. The molecule has 1 aromatic heterocycles. The molecular weight excluding hydrogens is 152 g/mol. The lowest BCUT2D eigenvalue weighted by molar-refractivity contribution is 1.15. The first kappa shape index (κ1) is 10.6. The van der Waals surface area contributed by atoms with Gasteiger partial charge in [0.05, 0.1) is 6.20 Å². The average molecular weight is 166 g/mol. The minimum Gasteiger partial charge on any atom is -0.371 e. The quantitative estimate of drug-likeness (QED) is 0.682. The van der Waals surface area contributed by atoms with Gasteiger partial charge < -0.3 is 5.32 Å². The summed E-state index contributed by atoms with van der Waals surface area (Å²) in [5.41, 5.74) is 0.671. The van der Waals surface area contributed by atoms with Crippen molar-refractivity contribution >= 4 is 18.2 Å². The van der Waals surface area contributed by atoms with Crippen molar-refractivity contribution in [1.82, 2.24) is 9.97 Å². The van der Waals surface area contributed by atoms with Gasteiger partial charge in [-0.1, -0.05) is 13.8 Å². The van der Waals surface area contributed by atoms with Crippen molar-refractivity contribution in [3.05, 3.63) is 12.5 Å². The van der Waals surface area contributed by atoms with Gasteiger partial charge in [-0.25, -0.2) is 9.97 Å². The van der Waals surface area contributed by atoms with E-state index in [1.54, 1.807) is 13.2 Å². The van der Waals surface area contributed by atoms with Crippen molar-refractivity contribution in [2.24, 2.45) is 4.99 Å². The molecule has 1 N–H and O–H groups in total. The van der Waals surface area contributed by atoms with E-state index in [0.29, 0.717) is 11.5 Å². The highest BCUT2D eigenvalue weighted by molar-refractivity contribution is 5.61. The standard InChI is InChI=1S/C6H8N4.C2H6/c1-7-5-3-9-4-10-6(5)8-2;1-2/h3-4H,1H2,2H3,(H,8,9,10);1-2H3. The maximum Gasteiger partial charge on any atom is 0.155 e. The van der Waals surface area contributed by atoms with Crippen LogP contribution in [-0.2, 0) is 0 Å². The number of hydrogen-bond acceptors (Lipinski definition) is 4. The Bertz CT molecular complexity index is 234. The molecule has 0 aliphatic rings. The summed E-state index contributed by atoms with van der Waals surface area (Å²) in [5.74, 6) is 0.699. The van der Waals surface area contributed by atoms with E-state index in [1.165, 1.54) is 6.33 Å². The van der Waals surface area contributed by atoms with Crippen LogP contribution in [0.5, 0.6) is 0 Å². The van der Waals surface area contributed by atoms with Gasteiger partial charge in [0.25, 0.3) is 0 Å². The normalized spacial score (nSPS) is 7.92. The van der Waals surface area contributed by atoms with Crippen LogP contribution < -0.4 is 5.32 Å². The predicted octanol–water partition coefficient (Wildman–Crippen LogP) is 1.88. The van der Waals surface area contributed by atoms with Crippen molar-refractivity contribution < 1.29 is 0 Å². The van der Waals surface area contributed by atoms with Crippen LogP contribution in [0, 0.1) is 0 Å². The molecule has 12 heavy (non-hydrogen) atoms. The van der Waals surface area contributed by atoms with Gasteiger partial charge in [-0.2, -0.15) is 0 Å². The van der Waals surface area contributed by atoms with Crippen LogP contribution in [0.25, 0.3) is 0 Å². The van der Waals surface area contributed by atoms with Crippen molar-refractivity contribution in [3.8, 4) is 0 Å². The Labute approximate surface area is 72.8 Å². The third kappa shape index (κ3) is 2.65. The molecule has 0 atom stereocenters. The van der Waals surface area contributed by atoms with Crippen molar-refractivity contribution in [1.29, 1.82) is 0 Å². The largest absolute Gasteiger partial charge is 0.371 e. The lowest BCUT2D eigenvalue weighted by Gasteiger charge is -1.99. The first-order chi connectivity index (χ1) is 5.88. The number of anilines is 1. The topological polar surface area (TPSA) is 50.2 Å². The zero-order valence-electron chi connectivity index (χ0n) is 7.70. The Morgan fingerprint density at radius 2 is 2.17 bits per heavy atom. The summed E-state index contributed by atoms with van der Waals surface area (Å²) in [7, 11) is 1.77. The fraction of sp³-hybridized carbons (Fsp3) is 0.375. The van der Waals surface area contributed by atoms with Crippen LogP contribution in [0.2, 0.25) is 0 Å². The van der Waals surface area contributed by atoms with Gasteiger partial charge in [-0.15, -0.1) is 0 Å². The molecule has 0 radical (unpaired) electrons. The number of nitrogens with one attached hydrogen (secondary N) is 1. The number of rotatable bonds is 2. The molecule has 0 aliphatic heterocycles. The lowest BCUT2D eigenvalue weighted by atomic mass is 10.5. The smallest absolute Gasteiger partial charge is 0.155 e. The van der Waals surface area contributed by atoms with E-state index in [4.69, 9.17) is 0 Å². The molecule has 1 aromatic rings. The van der Waals surface area contributed by atoms with Crippen molar-refractivity contribution in [3.63, 3.8) is 0 Å². The van der Waals surface area contributed by atoms with Gasteiger partial charge >= 0.3 is 0 Å². The molecule has 0 spiro atoms. The van der Waals surface area contributed by atoms with Crippen molar-refractivity contribution in [2.45, 2.75) is 13.8 Å². The van der Waals surface area contributed by atoms with Gasteiger partial charge in [0.2, 0.25) is 0 Å². The van der Waals surface area contributed by atoms with E-state index in [9.17, 15) is 0 Å². The molecule has 0 amide bonds. The van der Waals surface area contributed by atoms with Crippen LogP contribution in [0.4, 0.5) is 11.5 Å². The molecular formula is C8H14N4. The zero-order valence-corrected chi connectivity index (χ0v) is 7.70. The molecule has 0 fully saturated rings. The van der Waals surface area contributed by atoms with E-state index in [2.05, 4.69) is 27.0 Å². The molecule has 0 bridgehead atoms. The van der Waals surface area contributed by atoms with E-state index >= 15 is 0 Å². The maximum atomic E-state index is 3.91. The third-order valence-corrected chi connectivity index (χ3v) is 1.10. The highest BCUT2D eigenvalue weighted by atomic mass is 15.0. The molecule has 0 aliphatic carbocycles. The predicted molar refractivity (Wildman–Crippen MR) is 52.1 cm³/mol. The third-order valence-electron chi connectivity index (χ3n) is 1.10. The minimum absolute atomic E-state index is 0.671. The second-order valence-corrected chi connectivity index (χ2v) is 1.66. The zero-order chi connectivity index (χ0) is 9.40. The molecule has 0 saturated heterocycles. The molecule has 4 nitrogen and oxygen atoms in total. The molecule has 1 heterocycles. The summed E-state index contributed by atoms with van der Waals surface area (Å²) in [6.45, 7) is 7.37. The Morgan fingerprint density at radius 1 is 1.50 bits per heavy atom. The second kappa shape index (κ2) is 6.27. The second-order valence-electron chi connectivity index (χ2n) is 1.66. The number of hydrogen-bond donors (Lipinski definition) is 1.